The Morgan fingerprint density at radius 2 is 1.90 bits per heavy atom. The van der Waals surface area contributed by atoms with E-state index >= 15 is 0 Å². The summed E-state index contributed by atoms with van der Waals surface area (Å²) in [5.74, 6) is 0.880. The number of unbranched alkanes of at least 4 members (excludes halogenated alkanes) is 1. The SMILES string of the molecule is C=CCC(CCCC)C[Si](C)(C)CCc1ccccc1. The van der Waals surface area contributed by atoms with E-state index in [0.29, 0.717) is 0 Å². The molecule has 1 heteroatoms. The number of aryl methyl sites for hydroxylation is 1. The third-order valence-electron chi connectivity index (χ3n) is 4.24. The van der Waals surface area contributed by atoms with E-state index in [-0.39, 0.29) is 0 Å². The van der Waals surface area contributed by atoms with Gasteiger partial charge in [0.15, 0.2) is 0 Å². The van der Waals surface area contributed by atoms with E-state index in [1.54, 1.807) is 0 Å². The zero-order valence-electron chi connectivity index (χ0n) is 13.7. The molecule has 0 aromatic heterocycles. The van der Waals surface area contributed by atoms with Gasteiger partial charge in [-0.1, -0.05) is 87.8 Å². The van der Waals surface area contributed by atoms with Crippen LogP contribution in [0.15, 0.2) is 43.0 Å². The van der Waals surface area contributed by atoms with Crippen LogP contribution >= 0.6 is 0 Å². The van der Waals surface area contributed by atoms with Crippen LogP contribution in [0.4, 0.5) is 0 Å². The van der Waals surface area contributed by atoms with Gasteiger partial charge in [-0.15, -0.1) is 6.58 Å². The molecule has 0 heterocycles. The van der Waals surface area contributed by atoms with Crippen LogP contribution in [0.5, 0.6) is 0 Å². The van der Waals surface area contributed by atoms with Gasteiger partial charge in [0.05, 0.1) is 0 Å². The Kier molecular flexibility index (Phi) is 7.90. The number of hydrogen-bond donors (Lipinski definition) is 0. The molecule has 112 valence electrons. The van der Waals surface area contributed by atoms with Crippen molar-refractivity contribution in [2.75, 3.05) is 0 Å². The molecule has 20 heavy (non-hydrogen) atoms. The second-order valence-electron chi connectivity index (χ2n) is 6.89. The van der Waals surface area contributed by atoms with Crippen LogP contribution in [0.1, 0.15) is 38.2 Å². The number of rotatable bonds is 10. The summed E-state index contributed by atoms with van der Waals surface area (Å²) in [6, 6.07) is 13.8. The summed E-state index contributed by atoms with van der Waals surface area (Å²) in [5.41, 5.74) is 1.50. The summed E-state index contributed by atoms with van der Waals surface area (Å²) in [6.07, 6.45) is 8.68. The highest BCUT2D eigenvalue weighted by Crippen LogP contribution is 2.28. The standard InChI is InChI=1S/C19H32Si/c1-5-7-12-19(11-6-2)17-20(3,4)16-15-18-13-9-8-10-14-18/h6,8-10,13-14,19H,2,5,7,11-12,15-17H2,1,3-4H3. The Hall–Kier alpha value is -0.823. The van der Waals surface area contributed by atoms with Crippen molar-refractivity contribution < 1.29 is 0 Å². The maximum Gasteiger partial charge on any atom is 0.0479 e. The highest BCUT2D eigenvalue weighted by atomic mass is 28.3. The minimum Gasteiger partial charge on any atom is -0.103 e. The van der Waals surface area contributed by atoms with Crippen molar-refractivity contribution in [2.24, 2.45) is 5.92 Å². The third kappa shape index (κ3) is 7.09. The van der Waals surface area contributed by atoms with Crippen LogP contribution in [-0.4, -0.2) is 8.07 Å². The minimum absolute atomic E-state index is 0.880. The van der Waals surface area contributed by atoms with Crippen molar-refractivity contribution in [1.29, 1.82) is 0 Å². The summed E-state index contributed by atoms with van der Waals surface area (Å²) in [7, 11) is -1.08. The second-order valence-corrected chi connectivity index (χ2v) is 12.1. The van der Waals surface area contributed by atoms with Crippen molar-refractivity contribution >= 4 is 8.07 Å². The largest absolute Gasteiger partial charge is 0.103 e. The molecule has 0 radical (unpaired) electrons. The first-order valence-electron chi connectivity index (χ1n) is 8.22. The first kappa shape index (κ1) is 17.2. The van der Waals surface area contributed by atoms with Gasteiger partial charge in [0.1, 0.15) is 0 Å². The Morgan fingerprint density at radius 1 is 1.20 bits per heavy atom. The van der Waals surface area contributed by atoms with Gasteiger partial charge in [0, 0.05) is 8.07 Å². The summed E-state index contributed by atoms with van der Waals surface area (Å²) < 4.78 is 0. The molecule has 1 unspecified atom stereocenters. The number of benzene rings is 1. The molecule has 1 atom stereocenters. The summed E-state index contributed by atoms with van der Waals surface area (Å²) in [5, 5.41) is 0. The van der Waals surface area contributed by atoms with Gasteiger partial charge in [0.2, 0.25) is 0 Å². The average Bonchev–Trinajstić information content (AvgIpc) is 2.44. The van der Waals surface area contributed by atoms with E-state index in [2.05, 4.69) is 63.0 Å². The van der Waals surface area contributed by atoms with Gasteiger partial charge in [0.25, 0.3) is 0 Å². The van der Waals surface area contributed by atoms with Crippen LogP contribution in [-0.2, 0) is 6.42 Å². The molecule has 0 N–H and O–H groups in total. The van der Waals surface area contributed by atoms with Crippen LogP contribution in [0.25, 0.3) is 0 Å². The molecule has 0 spiro atoms. The predicted molar refractivity (Wildman–Crippen MR) is 95.1 cm³/mol. The van der Waals surface area contributed by atoms with Gasteiger partial charge in [-0.25, -0.2) is 0 Å². The molecular formula is C19H32Si. The fraction of sp³-hybridized carbons (Fsp3) is 0.579. The smallest absolute Gasteiger partial charge is 0.0479 e. The maximum atomic E-state index is 3.95. The van der Waals surface area contributed by atoms with E-state index in [4.69, 9.17) is 0 Å². The topological polar surface area (TPSA) is 0 Å². The molecule has 0 nitrogen and oxygen atoms in total. The van der Waals surface area contributed by atoms with E-state index in [0.717, 1.165) is 5.92 Å². The lowest BCUT2D eigenvalue weighted by atomic mass is 10.0. The number of allylic oxidation sites excluding steroid dienone is 1. The van der Waals surface area contributed by atoms with Crippen molar-refractivity contribution in [3.8, 4) is 0 Å². The van der Waals surface area contributed by atoms with Gasteiger partial charge in [-0.2, -0.15) is 0 Å². The molecule has 1 aromatic rings. The first-order valence-corrected chi connectivity index (χ1v) is 11.6. The van der Waals surface area contributed by atoms with E-state index < -0.39 is 8.07 Å². The molecule has 0 saturated heterocycles. The summed E-state index contributed by atoms with van der Waals surface area (Å²) in [4.78, 5) is 0. The van der Waals surface area contributed by atoms with Crippen LogP contribution in [0, 0.1) is 5.92 Å². The van der Waals surface area contributed by atoms with E-state index in [9.17, 15) is 0 Å². The molecule has 1 aromatic carbocycles. The quantitative estimate of drug-likeness (QED) is 0.349. The molecular weight excluding hydrogens is 256 g/mol. The highest BCUT2D eigenvalue weighted by Gasteiger charge is 2.24. The molecule has 0 aliphatic heterocycles. The monoisotopic (exact) mass is 288 g/mol. The van der Waals surface area contributed by atoms with Gasteiger partial charge < -0.3 is 0 Å². The van der Waals surface area contributed by atoms with Crippen molar-refractivity contribution in [3.63, 3.8) is 0 Å². The fourth-order valence-corrected chi connectivity index (χ4v) is 6.15. The average molecular weight is 289 g/mol. The van der Waals surface area contributed by atoms with Gasteiger partial charge in [-0.3, -0.25) is 0 Å². The third-order valence-corrected chi connectivity index (χ3v) is 7.53. The molecule has 0 amide bonds. The summed E-state index contributed by atoms with van der Waals surface area (Å²) in [6.45, 7) is 11.4. The molecule has 0 aliphatic rings. The van der Waals surface area contributed by atoms with Crippen LogP contribution in [0.3, 0.4) is 0 Å². The van der Waals surface area contributed by atoms with Crippen molar-refractivity contribution in [1.82, 2.24) is 0 Å². The Bertz CT molecular complexity index is 367. The fourth-order valence-electron chi connectivity index (χ4n) is 3.04. The van der Waals surface area contributed by atoms with Crippen LogP contribution in [0.2, 0.25) is 25.2 Å². The predicted octanol–water partition coefficient (Wildman–Crippen LogP) is 6.32. The lowest BCUT2D eigenvalue weighted by Gasteiger charge is -2.28. The van der Waals surface area contributed by atoms with Crippen molar-refractivity contribution in [3.05, 3.63) is 48.6 Å². The zero-order valence-corrected chi connectivity index (χ0v) is 14.7. The highest BCUT2D eigenvalue weighted by molar-refractivity contribution is 6.77. The second kappa shape index (κ2) is 9.18. The molecule has 0 aliphatic carbocycles. The van der Waals surface area contributed by atoms with E-state index in [1.807, 2.05) is 0 Å². The molecule has 1 rings (SSSR count). The lowest BCUT2D eigenvalue weighted by Crippen LogP contribution is -2.29. The van der Waals surface area contributed by atoms with Gasteiger partial charge in [-0.05, 0) is 24.3 Å². The Balaban J connectivity index is 2.46. The Morgan fingerprint density at radius 3 is 2.50 bits per heavy atom. The molecule has 0 saturated carbocycles. The lowest BCUT2D eigenvalue weighted by molar-refractivity contribution is 0.505. The van der Waals surface area contributed by atoms with E-state index in [1.165, 1.54) is 49.8 Å². The summed E-state index contributed by atoms with van der Waals surface area (Å²) >= 11 is 0. The maximum absolute atomic E-state index is 3.95. The van der Waals surface area contributed by atoms with Gasteiger partial charge >= 0.3 is 0 Å². The minimum atomic E-state index is -1.08. The first-order chi connectivity index (χ1) is 9.57. The molecule has 0 bridgehead atoms. The van der Waals surface area contributed by atoms with Crippen LogP contribution < -0.4 is 0 Å². The normalized spacial score (nSPS) is 13.2. The number of hydrogen-bond acceptors (Lipinski definition) is 0. The Labute approximate surface area is 127 Å². The zero-order chi connectivity index (χ0) is 14.8. The van der Waals surface area contributed by atoms with Crippen molar-refractivity contribution in [2.45, 2.75) is 64.2 Å². The molecule has 0 fully saturated rings.